The van der Waals surface area contributed by atoms with Gasteiger partial charge >= 0.3 is 0 Å². The number of benzene rings is 2. The lowest BCUT2D eigenvalue weighted by atomic mass is 10.00. The van der Waals surface area contributed by atoms with E-state index in [2.05, 4.69) is 27.7 Å². The number of nitrogens with one attached hydrogen (secondary N) is 3. The number of anilines is 1. The Hall–Kier alpha value is -2.53. The summed E-state index contributed by atoms with van der Waals surface area (Å²) in [6.07, 6.45) is 2.73. The zero-order chi connectivity index (χ0) is 21.7. The molecule has 1 aliphatic rings. The van der Waals surface area contributed by atoms with Gasteiger partial charge in [-0.1, -0.05) is 30.3 Å². The van der Waals surface area contributed by atoms with Crippen LogP contribution >= 0.6 is 0 Å². The second-order valence-electron chi connectivity index (χ2n) is 7.36. The van der Waals surface area contributed by atoms with Crippen LogP contribution in [0.4, 0.5) is 11.4 Å². The van der Waals surface area contributed by atoms with Gasteiger partial charge in [0.05, 0.1) is 9.82 Å². The zero-order valence-corrected chi connectivity index (χ0v) is 17.9. The van der Waals surface area contributed by atoms with E-state index >= 15 is 0 Å². The molecule has 9 nitrogen and oxygen atoms in total. The highest BCUT2D eigenvalue weighted by Gasteiger charge is 2.25. The van der Waals surface area contributed by atoms with Crippen LogP contribution in [0.3, 0.4) is 0 Å². The average molecular weight is 434 g/mol. The molecule has 3 N–H and O–H groups in total. The summed E-state index contributed by atoms with van der Waals surface area (Å²) in [6, 6.07) is 14.8. The summed E-state index contributed by atoms with van der Waals surface area (Å²) < 4.78 is 26.1. The summed E-state index contributed by atoms with van der Waals surface area (Å²) in [5.41, 5.74) is 8.08. The van der Waals surface area contributed by atoms with Gasteiger partial charge in [0.1, 0.15) is 5.69 Å². The van der Waals surface area contributed by atoms with Gasteiger partial charge in [-0.15, -0.1) is 0 Å². The minimum Gasteiger partial charge on any atom is -0.369 e. The lowest BCUT2D eigenvalue weighted by molar-refractivity contribution is -0.384. The first-order valence-electron chi connectivity index (χ1n) is 9.81. The molecule has 0 bridgehead atoms. The van der Waals surface area contributed by atoms with Crippen LogP contribution in [0, 0.1) is 10.1 Å². The third-order valence-corrected chi connectivity index (χ3v) is 6.78. The van der Waals surface area contributed by atoms with Gasteiger partial charge in [0.15, 0.2) is 0 Å². The quantitative estimate of drug-likeness (QED) is 0.410. The molecule has 1 heterocycles. The Labute approximate surface area is 176 Å². The maximum Gasteiger partial charge on any atom is 0.293 e. The van der Waals surface area contributed by atoms with E-state index in [1.165, 1.54) is 24.7 Å². The van der Waals surface area contributed by atoms with Gasteiger partial charge in [0.25, 0.3) is 5.69 Å². The Kier molecular flexibility index (Phi) is 7.03. The number of hydrogen-bond acceptors (Lipinski definition) is 7. The monoisotopic (exact) mass is 433 g/mol. The first-order valence-corrected chi connectivity index (χ1v) is 11.3. The predicted octanol–water partition coefficient (Wildman–Crippen LogP) is 2.33. The van der Waals surface area contributed by atoms with Gasteiger partial charge < -0.3 is 4.90 Å². The molecule has 2 aromatic rings. The molecule has 0 radical (unpaired) electrons. The molecule has 2 aromatic carbocycles. The number of rotatable bonds is 9. The third kappa shape index (κ3) is 5.14. The van der Waals surface area contributed by atoms with E-state index in [0.29, 0.717) is 18.3 Å². The first-order chi connectivity index (χ1) is 14.3. The maximum atomic E-state index is 11.9. The number of hydrazine groups is 1. The van der Waals surface area contributed by atoms with Crippen LogP contribution in [-0.2, 0) is 10.0 Å². The van der Waals surface area contributed by atoms with Crippen molar-refractivity contribution < 1.29 is 13.3 Å². The molecule has 1 aliphatic heterocycles. The number of nitro benzene ring substituents is 1. The van der Waals surface area contributed by atoms with Gasteiger partial charge in [0.2, 0.25) is 10.0 Å². The zero-order valence-electron chi connectivity index (χ0n) is 17.0. The fraction of sp³-hybridized carbons (Fsp3) is 0.400. The van der Waals surface area contributed by atoms with Crippen molar-refractivity contribution in [3.05, 3.63) is 64.2 Å². The largest absolute Gasteiger partial charge is 0.369 e. The summed E-state index contributed by atoms with van der Waals surface area (Å²) in [4.78, 5) is 12.6. The van der Waals surface area contributed by atoms with Gasteiger partial charge in [-0.2, -0.15) is 0 Å². The molecule has 1 fully saturated rings. The van der Waals surface area contributed by atoms with Gasteiger partial charge in [-0.05, 0) is 44.0 Å². The molecule has 162 valence electrons. The van der Waals surface area contributed by atoms with Crippen molar-refractivity contribution in [1.82, 2.24) is 15.6 Å². The first kappa shape index (κ1) is 22.2. The fourth-order valence-electron chi connectivity index (χ4n) is 3.67. The topological polar surface area (TPSA) is 117 Å². The van der Waals surface area contributed by atoms with Gasteiger partial charge in [0, 0.05) is 31.7 Å². The molecule has 3 rings (SSSR count). The van der Waals surface area contributed by atoms with Crippen LogP contribution in [0.5, 0.6) is 0 Å². The number of nitrogens with zero attached hydrogens (tertiary/aromatic N) is 2. The van der Waals surface area contributed by atoms with E-state index in [4.69, 9.17) is 0 Å². The molecule has 0 saturated carbocycles. The number of hydrogen-bond donors (Lipinski definition) is 3. The minimum absolute atomic E-state index is 0.123. The molecule has 0 spiro atoms. The van der Waals surface area contributed by atoms with Crippen molar-refractivity contribution in [3.63, 3.8) is 0 Å². The minimum atomic E-state index is -3.74. The summed E-state index contributed by atoms with van der Waals surface area (Å²) in [5.74, 6) is 0. The summed E-state index contributed by atoms with van der Waals surface area (Å²) in [7, 11) is -0.688. The van der Waals surface area contributed by atoms with Crippen molar-refractivity contribution in [2.24, 2.45) is 0 Å². The molecule has 30 heavy (non-hydrogen) atoms. The molecule has 2 unspecified atom stereocenters. The van der Waals surface area contributed by atoms with Crippen LogP contribution < -0.4 is 20.5 Å². The maximum absolute atomic E-state index is 11.9. The van der Waals surface area contributed by atoms with Crippen molar-refractivity contribution in [3.8, 4) is 0 Å². The molecular formula is C20H27N5O4S. The third-order valence-electron chi connectivity index (χ3n) is 5.36. The smallest absolute Gasteiger partial charge is 0.293 e. The fourth-order valence-corrected chi connectivity index (χ4v) is 4.42. The summed E-state index contributed by atoms with van der Waals surface area (Å²) in [6.45, 7) is 0.618. The Morgan fingerprint density at radius 3 is 2.60 bits per heavy atom. The number of sulfonamides is 1. The number of nitro groups is 1. The van der Waals surface area contributed by atoms with E-state index in [-0.39, 0.29) is 16.6 Å². The van der Waals surface area contributed by atoms with Gasteiger partial charge in [-0.3, -0.25) is 21.0 Å². The highest BCUT2D eigenvalue weighted by atomic mass is 32.2. The lowest BCUT2D eigenvalue weighted by Gasteiger charge is -2.20. The molecule has 10 heteroatoms. The molecule has 1 saturated heterocycles. The predicted molar refractivity (Wildman–Crippen MR) is 116 cm³/mol. The van der Waals surface area contributed by atoms with Crippen molar-refractivity contribution in [2.45, 2.75) is 36.2 Å². The standard InChI is InChI=1S/C20H27N5O4S/c1-21-30(28,29)17-10-11-19(20(14-17)25(26)27)24(2)12-6-9-16-13-18(23-22-16)15-7-4-3-5-8-15/h3-5,7-8,10-11,14,16,18,21-23H,6,9,12-13H2,1-2H3. The van der Waals surface area contributed by atoms with E-state index in [1.807, 2.05) is 18.2 Å². The van der Waals surface area contributed by atoms with Crippen LogP contribution in [0.15, 0.2) is 53.4 Å². The highest BCUT2D eigenvalue weighted by molar-refractivity contribution is 7.89. The summed E-state index contributed by atoms with van der Waals surface area (Å²) >= 11 is 0. The Balaban J connectivity index is 1.58. The second-order valence-corrected chi connectivity index (χ2v) is 9.25. The van der Waals surface area contributed by atoms with Crippen LogP contribution in [0.2, 0.25) is 0 Å². The lowest BCUT2D eigenvalue weighted by Crippen LogP contribution is -2.31. The van der Waals surface area contributed by atoms with Crippen LogP contribution in [0.1, 0.15) is 30.9 Å². The highest BCUT2D eigenvalue weighted by Crippen LogP contribution is 2.30. The van der Waals surface area contributed by atoms with E-state index in [0.717, 1.165) is 25.3 Å². The Bertz CT molecular complexity index is 984. The van der Waals surface area contributed by atoms with Crippen molar-refractivity contribution in [1.29, 1.82) is 0 Å². The molecule has 2 atom stereocenters. The van der Waals surface area contributed by atoms with Crippen molar-refractivity contribution >= 4 is 21.4 Å². The molecular weight excluding hydrogens is 406 g/mol. The van der Waals surface area contributed by atoms with Crippen molar-refractivity contribution in [2.75, 3.05) is 25.5 Å². The van der Waals surface area contributed by atoms with E-state index in [9.17, 15) is 18.5 Å². The molecule has 0 aliphatic carbocycles. The van der Waals surface area contributed by atoms with Crippen LogP contribution in [0.25, 0.3) is 0 Å². The molecule has 0 amide bonds. The Morgan fingerprint density at radius 1 is 1.20 bits per heavy atom. The summed E-state index contributed by atoms with van der Waals surface area (Å²) in [5, 5.41) is 11.5. The van der Waals surface area contributed by atoms with E-state index < -0.39 is 14.9 Å². The van der Waals surface area contributed by atoms with Crippen LogP contribution in [-0.4, -0.2) is 40.0 Å². The van der Waals surface area contributed by atoms with Gasteiger partial charge in [-0.25, -0.2) is 13.1 Å². The molecule has 0 aromatic heterocycles. The average Bonchev–Trinajstić information content (AvgIpc) is 3.22. The normalized spacial score (nSPS) is 19.0. The van der Waals surface area contributed by atoms with E-state index in [1.54, 1.807) is 11.9 Å². The second kappa shape index (κ2) is 9.52. The Morgan fingerprint density at radius 2 is 1.93 bits per heavy atom. The SMILES string of the molecule is CNS(=O)(=O)c1ccc(N(C)CCCC2CC(c3ccccc3)NN2)c([N+](=O)[O-])c1.